The second kappa shape index (κ2) is 6.55. The molecule has 0 saturated carbocycles. The molecule has 0 radical (unpaired) electrons. The highest BCUT2D eigenvalue weighted by Gasteiger charge is 2.28. The largest absolute Gasteiger partial charge is 0.469 e. The molecule has 0 aliphatic carbocycles. The minimum absolute atomic E-state index is 0.0980. The fourth-order valence-electron chi connectivity index (χ4n) is 2.88. The van der Waals surface area contributed by atoms with Gasteiger partial charge in [-0.25, -0.2) is 0 Å². The number of rotatable bonds is 3. The summed E-state index contributed by atoms with van der Waals surface area (Å²) in [6, 6.07) is 0.302. The molecule has 0 amide bonds. The van der Waals surface area contributed by atoms with Gasteiger partial charge in [-0.15, -0.1) is 0 Å². The third-order valence-electron chi connectivity index (χ3n) is 4.30. The van der Waals surface area contributed by atoms with E-state index in [9.17, 15) is 4.79 Å². The van der Waals surface area contributed by atoms with Crippen LogP contribution in [0.15, 0.2) is 0 Å². The third-order valence-corrected chi connectivity index (χ3v) is 4.30. The van der Waals surface area contributed by atoms with E-state index in [-0.39, 0.29) is 5.97 Å². The van der Waals surface area contributed by atoms with E-state index < -0.39 is 0 Å². The Hall–Kier alpha value is -0.570. The van der Waals surface area contributed by atoms with Gasteiger partial charge >= 0.3 is 5.97 Å². The smallest absolute Gasteiger partial charge is 0.307 e. The molecule has 3 nitrogen and oxygen atoms in total. The van der Waals surface area contributed by atoms with Gasteiger partial charge in [0.25, 0.3) is 0 Å². The Morgan fingerprint density at radius 1 is 1.33 bits per heavy atom. The van der Waals surface area contributed by atoms with Crippen LogP contribution in [0.5, 0.6) is 0 Å². The van der Waals surface area contributed by atoms with Crippen LogP contribution in [-0.4, -0.2) is 37.1 Å². The van der Waals surface area contributed by atoms with E-state index >= 15 is 0 Å². The van der Waals surface area contributed by atoms with Crippen LogP contribution in [0.4, 0.5) is 0 Å². The van der Waals surface area contributed by atoms with Crippen LogP contribution in [-0.2, 0) is 9.53 Å². The van der Waals surface area contributed by atoms with Crippen molar-refractivity contribution in [1.82, 2.24) is 4.90 Å². The molecule has 1 heterocycles. The molecule has 1 rings (SSSR count). The molecule has 3 heteroatoms. The van der Waals surface area contributed by atoms with Gasteiger partial charge in [0.1, 0.15) is 0 Å². The van der Waals surface area contributed by atoms with Gasteiger partial charge in [-0.2, -0.15) is 0 Å². The van der Waals surface area contributed by atoms with E-state index in [2.05, 4.69) is 32.6 Å². The maximum absolute atomic E-state index is 11.3. The van der Waals surface area contributed by atoms with Crippen molar-refractivity contribution in [2.24, 2.45) is 11.3 Å². The van der Waals surface area contributed by atoms with Gasteiger partial charge in [0, 0.05) is 6.04 Å². The molecular weight excluding hydrogens is 226 g/mol. The normalized spacial score (nSPS) is 24.4. The zero-order valence-corrected chi connectivity index (χ0v) is 12.7. The maximum Gasteiger partial charge on any atom is 0.307 e. The fourth-order valence-corrected chi connectivity index (χ4v) is 2.88. The summed E-state index contributed by atoms with van der Waals surface area (Å²) >= 11 is 0. The van der Waals surface area contributed by atoms with Crippen molar-refractivity contribution in [3.05, 3.63) is 0 Å². The van der Waals surface area contributed by atoms with Crippen molar-refractivity contribution in [3.8, 4) is 0 Å². The topological polar surface area (TPSA) is 29.5 Å². The van der Waals surface area contributed by atoms with Gasteiger partial charge in [0.05, 0.1) is 13.5 Å². The SMILES string of the molecule is COC(=O)CC(C)N1CCCC(C(C)(C)C)CC1. The van der Waals surface area contributed by atoms with Crippen LogP contribution in [0.3, 0.4) is 0 Å². The summed E-state index contributed by atoms with van der Waals surface area (Å²) in [7, 11) is 1.47. The Labute approximate surface area is 112 Å². The lowest BCUT2D eigenvalue weighted by atomic mass is 9.77. The lowest BCUT2D eigenvalue weighted by molar-refractivity contribution is -0.141. The number of likely N-dealkylation sites (tertiary alicyclic amines) is 1. The van der Waals surface area contributed by atoms with Crippen LogP contribution < -0.4 is 0 Å². The lowest BCUT2D eigenvalue weighted by Gasteiger charge is -2.30. The molecule has 1 saturated heterocycles. The molecule has 1 fully saturated rings. The predicted octanol–water partition coefficient (Wildman–Crippen LogP) is 3.09. The molecule has 1 aliphatic rings. The minimum Gasteiger partial charge on any atom is -0.469 e. The number of carbonyl (C=O) groups is 1. The Morgan fingerprint density at radius 2 is 2.00 bits per heavy atom. The molecule has 18 heavy (non-hydrogen) atoms. The summed E-state index contributed by atoms with van der Waals surface area (Å²) < 4.78 is 4.75. The van der Waals surface area contributed by atoms with E-state index in [1.54, 1.807) is 0 Å². The first-order valence-corrected chi connectivity index (χ1v) is 7.15. The molecule has 0 aromatic rings. The molecule has 0 aromatic heterocycles. The first-order chi connectivity index (χ1) is 8.34. The average molecular weight is 255 g/mol. The second-order valence-corrected chi connectivity index (χ2v) is 6.66. The summed E-state index contributed by atoms with van der Waals surface area (Å²) in [5.41, 5.74) is 0.404. The van der Waals surface area contributed by atoms with Crippen LogP contribution >= 0.6 is 0 Å². The summed E-state index contributed by atoms with van der Waals surface area (Å²) in [6.07, 6.45) is 4.31. The number of carbonyl (C=O) groups excluding carboxylic acids is 1. The molecule has 2 unspecified atom stereocenters. The van der Waals surface area contributed by atoms with Gasteiger partial charge < -0.3 is 9.64 Å². The Bertz CT molecular complexity index is 270. The number of esters is 1. The van der Waals surface area contributed by atoms with Crippen molar-refractivity contribution in [3.63, 3.8) is 0 Å². The quantitative estimate of drug-likeness (QED) is 0.726. The third kappa shape index (κ3) is 4.60. The molecule has 1 aliphatic heterocycles. The maximum atomic E-state index is 11.3. The van der Waals surface area contributed by atoms with Crippen LogP contribution in [0.1, 0.15) is 53.4 Å². The first kappa shape index (κ1) is 15.5. The van der Waals surface area contributed by atoms with E-state index in [1.165, 1.54) is 26.4 Å². The van der Waals surface area contributed by atoms with E-state index in [0.29, 0.717) is 17.9 Å². The summed E-state index contributed by atoms with van der Waals surface area (Å²) in [6.45, 7) is 11.4. The number of hydrogen-bond donors (Lipinski definition) is 0. The number of methoxy groups -OCH3 is 1. The van der Waals surface area contributed by atoms with E-state index in [4.69, 9.17) is 4.74 Å². The Kier molecular flexibility index (Phi) is 5.64. The number of nitrogens with zero attached hydrogens (tertiary/aromatic N) is 1. The highest BCUT2D eigenvalue weighted by molar-refractivity contribution is 5.69. The molecule has 0 bridgehead atoms. The van der Waals surface area contributed by atoms with Crippen LogP contribution in [0, 0.1) is 11.3 Å². The van der Waals surface area contributed by atoms with Gasteiger partial charge in [-0.3, -0.25) is 4.79 Å². The monoisotopic (exact) mass is 255 g/mol. The van der Waals surface area contributed by atoms with Gasteiger partial charge in [-0.1, -0.05) is 20.8 Å². The highest BCUT2D eigenvalue weighted by Crippen LogP contribution is 2.34. The van der Waals surface area contributed by atoms with Crippen molar-refractivity contribution >= 4 is 5.97 Å². The van der Waals surface area contributed by atoms with E-state index in [0.717, 1.165) is 19.0 Å². The predicted molar refractivity (Wildman–Crippen MR) is 74.5 cm³/mol. The summed E-state index contributed by atoms with van der Waals surface area (Å²) in [4.78, 5) is 13.8. The van der Waals surface area contributed by atoms with Crippen LogP contribution in [0.25, 0.3) is 0 Å². The Balaban J connectivity index is 2.49. The first-order valence-electron chi connectivity index (χ1n) is 7.15. The molecule has 0 spiro atoms. The van der Waals surface area contributed by atoms with E-state index in [1.807, 2.05) is 0 Å². The van der Waals surface area contributed by atoms with Crippen molar-refractivity contribution in [2.75, 3.05) is 20.2 Å². The lowest BCUT2D eigenvalue weighted by Crippen LogP contribution is -2.36. The van der Waals surface area contributed by atoms with Crippen molar-refractivity contribution in [2.45, 2.75) is 59.4 Å². The number of ether oxygens (including phenoxy) is 1. The standard InChI is InChI=1S/C15H29NO2/c1-12(11-14(17)18-5)16-9-6-7-13(8-10-16)15(2,3)4/h12-13H,6-11H2,1-5H3. The zero-order chi connectivity index (χ0) is 13.8. The molecular formula is C15H29NO2. The average Bonchev–Trinajstić information content (AvgIpc) is 2.53. The molecule has 106 valence electrons. The van der Waals surface area contributed by atoms with Gasteiger partial charge in [0.2, 0.25) is 0 Å². The molecule has 0 N–H and O–H groups in total. The van der Waals surface area contributed by atoms with Crippen LogP contribution in [0.2, 0.25) is 0 Å². The molecule has 0 aromatic carbocycles. The fraction of sp³-hybridized carbons (Fsp3) is 0.933. The van der Waals surface area contributed by atoms with Crippen molar-refractivity contribution < 1.29 is 9.53 Å². The van der Waals surface area contributed by atoms with Gasteiger partial charge in [0.15, 0.2) is 0 Å². The Morgan fingerprint density at radius 3 is 2.56 bits per heavy atom. The zero-order valence-electron chi connectivity index (χ0n) is 12.7. The number of hydrogen-bond acceptors (Lipinski definition) is 3. The highest BCUT2D eigenvalue weighted by atomic mass is 16.5. The summed E-state index contributed by atoms with van der Waals surface area (Å²) in [5, 5.41) is 0. The molecule has 2 atom stereocenters. The minimum atomic E-state index is -0.0980. The second-order valence-electron chi connectivity index (χ2n) is 6.66. The summed E-state index contributed by atoms with van der Waals surface area (Å²) in [5.74, 6) is 0.701. The van der Waals surface area contributed by atoms with Gasteiger partial charge in [-0.05, 0) is 50.6 Å². The van der Waals surface area contributed by atoms with Crippen molar-refractivity contribution in [1.29, 1.82) is 0 Å².